The Morgan fingerprint density at radius 2 is 1.60 bits per heavy atom. The van der Waals surface area contributed by atoms with Crippen molar-refractivity contribution < 1.29 is 13.2 Å². The molecule has 0 aromatic heterocycles. The molecule has 0 spiro atoms. The van der Waals surface area contributed by atoms with E-state index in [9.17, 15) is 13.2 Å². The van der Waals surface area contributed by atoms with Crippen molar-refractivity contribution >= 4 is 91.4 Å². The van der Waals surface area contributed by atoms with Crippen molar-refractivity contribution in [3.63, 3.8) is 0 Å². The lowest BCUT2D eigenvalue weighted by Crippen LogP contribution is -2.41. The molecule has 1 N–H and O–H groups in total. The molecule has 0 saturated heterocycles. The molecular weight excluding hydrogens is 534 g/mol. The van der Waals surface area contributed by atoms with Gasteiger partial charge in [-0.1, -0.05) is 64.1 Å². The maximum atomic E-state index is 12.3. The summed E-state index contributed by atoms with van der Waals surface area (Å²) in [6.07, 6.45) is 0.978. The summed E-state index contributed by atoms with van der Waals surface area (Å²) in [7, 11) is -3.79. The molecule has 5 nitrogen and oxygen atoms in total. The lowest BCUT2D eigenvalue weighted by Gasteiger charge is -2.23. The van der Waals surface area contributed by atoms with Gasteiger partial charge in [-0.05, 0) is 29.8 Å². The van der Waals surface area contributed by atoms with Gasteiger partial charge in [0.1, 0.15) is 6.54 Å². The molecule has 0 aliphatic rings. The quantitative estimate of drug-likeness (QED) is 0.318. The van der Waals surface area contributed by atoms with Crippen LogP contribution in [0.2, 0.25) is 25.1 Å². The Morgan fingerprint density at radius 1 is 0.967 bits per heavy atom. The van der Waals surface area contributed by atoms with Crippen LogP contribution in [0.4, 0.5) is 5.69 Å². The summed E-state index contributed by atoms with van der Waals surface area (Å²) < 4.78 is 25.3. The van der Waals surface area contributed by atoms with Crippen molar-refractivity contribution in [1.29, 1.82) is 0 Å². The van der Waals surface area contributed by atoms with Crippen LogP contribution in [0.15, 0.2) is 30.3 Å². The molecule has 2 rings (SSSR count). The summed E-state index contributed by atoms with van der Waals surface area (Å²) in [6.45, 7) is -0.0779. The highest BCUT2D eigenvalue weighted by molar-refractivity contribution is 7.98. The molecule has 12 heteroatoms. The molecule has 0 atom stereocenters. The Morgan fingerprint density at radius 3 is 2.23 bits per heavy atom. The number of benzene rings is 2. The van der Waals surface area contributed by atoms with Crippen LogP contribution >= 0.6 is 69.8 Å². The van der Waals surface area contributed by atoms with Crippen LogP contribution in [0.25, 0.3) is 0 Å². The third-order valence-electron chi connectivity index (χ3n) is 3.77. The van der Waals surface area contributed by atoms with Crippen LogP contribution in [-0.4, -0.2) is 39.4 Å². The van der Waals surface area contributed by atoms with Gasteiger partial charge in [0.25, 0.3) is 0 Å². The maximum Gasteiger partial charge on any atom is 0.240 e. The van der Waals surface area contributed by atoms with Gasteiger partial charge < -0.3 is 5.32 Å². The highest BCUT2D eigenvalue weighted by atomic mass is 35.5. The number of hydrogen-bond acceptors (Lipinski definition) is 4. The van der Waals surface area contributed by atoms with E-state index in [1.54, 1.807) is 23.9 Å². The fraction of sp³-hybridized carbons (Fsp3) is 0.278. The molecule has 30 heavy (non-hydrogen) atoms. The molecule has 0 unspecified atom stereocenters. The summed E-state index contributed by atoms with van der Waals surface area (Å²) >= 11 is 31.4. The van der Waals surface area contributed by atoms with Crippen LogP contribution in [0, 0.1) is 0 Å². The number of nitrogens with one attached hydrogen (secondary N) is 1. The maximum absolute atomic E-state index is 12.3. The molecule has 2 aromatic carbocycles. The van der Waals surface area contributed by atoms with E-state index >= 15 is 0 Å². The first kappa shape index (κ1) is 25.7. The number of carbonyl (C=O) groups is 1. The Bertz CT molecular complexity index is 1030. The average Bonchev–Trinajstić information content (AvgIpc) is 2.64. The monoisotopic (exact) mass is 548 g/mol. The Kier molecular flexibility index (Phi) is 9.74. The molecule has 0 saturated carbocycles. The number of amides is 1. The first-order valence-electron chi connectivity index (χ1n) is 8.39. The van der Waals surface area contributed by atoms with E-state index < -0.39 is 22.5 Å². The minimum absolute atomic E-state index is 0.0693. The number of carbonyl (C=O) groups excluding carboxylic acids is 1. The molecule has 1 amide bonds. The number of nitrogens with zero attached hydrogens (tertiary/aromatic N) is 1. The van der Waals surface area contributed by atoms with E-state index in [-0.39, 0.29) is 20.8 Å². The van der Waals surface area contributed by atoms with E-state index in [0.717, 1.165) is 16.1 Å². The van der Waals surface area contributed by atoms with Gasteiger partial charge in [0.05, 0.1) is 37.1 Å². The fourth-order valence-corrected chi connectivity index (χ4v) is 5.03. The largest absolute Gasteiger partial charge is 0.354 e. The number of anilines is 1. The van der Waals surface area contributed by atoms with Crippen molar-refractivity contribution in [2.45, 2.75) is 5.75 Å². The SMILES string of the molecule is CS(=O)(=O)N(CC(=O)NCCSCc1ccc(Cl)c(Cl)c1)c1cc(Cl)c(Cl)cc1Cl. The number of hydrogen-bond donors (Lipinski definition) is 1. The summed E-state index contributed by atoms with van der Waals surface area (Å²) in [5, 5.41) is 4.06. The van der Waals surface area contributed by atoms with E-state index in [2.05, 4.69) is 5.32 Å². The third-order valence-corrected chi connectivity index (χ3v) is 7.69. The Balaban J connectivity index is 1.91. The number of sulfonamides is 1. The van der Waals surface area contributed by atoms with Gasteiger partial charge in [0, 0.05) is 18.1 Å². The smallest absolute Gasteiger partial charge is 0.240 e. The number of thioether (sulfide) groups is 1. The highest BCUT2D eigenvalue weighted by Gasteiger charge is 2.24. The van der Waals surface area contributed by atoms with E-state index in [1.807, 2.05) is 6.07 Å². The lowest BCUT2D eigenvalue weighted by atomic mass is 10.2. The predicted molar refractivity (Wildman–Crippen MR) is 129 cm³/mol. The van der Waals surface area contributed by atoms with Gasteiger partial charge in [-0.2, -0.15) is 11.8 Å². The van der Waals surface area contributed by atoms with E-state index in [1.165, 1.54) is 12.1 Å². The summed E-state index contributed by atoms with van der Waals surface area (Å²) in [5.41, 5.74) is 1.09. The van der Waals surface area contributed by atoms with Crippen molar-refractivity contribution in [3.8, 4) is 0 Å². The second kappa shape index (κ2) is 11.4. The topological polar surface area (TPSA) is 66.5 Å². The molecule has 0 aliphatic heterocycles. The summed E-state index contributed by atoms with van der Waals surface area (Å²) in [4.78, 5) is 12.3. The average molecular weight is 551 g/mol. The second-order valence-corrected chi connectivity index (χ2v) is 11.2. The molecule has 164 valence electrons. The van der Waals surface area contributed by atoms with Crippen LogP contribution in [0.1, 0.15) is 5.56 Å². The van der Waals surface area contributed by atoms with E-state index in [0.29, 0.717) is 28.1 Å². The Labute approximate surface area is 205 Å². The molecule has 0 bridgehead atoms. The van der Waals surface area contributed by atoms with Crippen LogP contribution in [0.5, 0.6) is 0 Å². The van der Waals surface area contributed by atoms with E-state index in [4.69, 9.17) is 58.0 Å². The van der Waals surface area contributed by atoms with Crippen molar-refractivity contribution in [2.75, 3.05) is 29.4 Å². The molecule has 0 aliphatic carbocycles. The van der Waals surface area contributed by atoms with Gasteiger partial charge in [-0.25, -0.2) is 8.42 Å². The molecule has 0 fully saturated rings. The number of rotatable bonds is 9. The molecule has 2 aromatic rings. The first-order valence-corrected chi connectivity index (χ1v) is 13.3. The lowest BCUT2D eigenvalue weighted by molar-refractivity contribution is -0.119. The number of halogens is 5. The Hall–Kier alpha value is -0.540. The zero-order valence-corrected chi connectivity index (χ0v) is 21.0. The zero-order valence-electron chi connectivity index (χ0n) is 15.6. The normalized spacial score (nSPS) is 11.4. The molecule has 0 heterocycles. The van der Waals surface area contributed by atoms with Gasteiger partial charge in [-0.3, -0.25) is 9.10 Å². The van der Waals surface area contributed by atoms with Crippen LogP contribution in [0.3, 0.4) is 0 Å². The molecular formula is C18H17Cl5N2O3S2. The first-order chi connectivity index (χ1) is 14.0. The highest BCUT2D eigenvalue weighted by Crippen LogP contribution is 2.35. The van der Waals surface area contributed by atoms with Gasteiger partial charge in [-0.15, -0.1) is 0 Å². The van der Waals surface area contributed by atoms with Crippen molar-refractivity contribution in [1.82, 2.24) is 5.32 Å². The van der Waals surface area contributed by atoms with Crippen molar-refractivity contribution in [3.05, 3.63) is 61.0 Å². The van der Waals surface area contributed by atoms with Crippen molar-refractivity contribution in [2.24, 2.45) is 0 Å². The molecule has 0 radical (unpaired) electrons. The second-order valence-electron chi connectivity index (χ2n) is 6.14. The zero-order chi connectivity index (χ0) is 22.5. The van der Waals surface area contributed by atoms with Crippen LogP contribution in [-0.2, 0) is 20.6 Å². The van der Waals surface area contributed by atoms with Gasteiger partial charge in [0.2, 0.25) is 15.9 Å². The van der Waals surface area contributed by atoms with Gasteiger partial charge in [0.15, 0.2) is 0 Å². The predicted octanol–water partition coefficient (Wildman–Crippen LogP) is 5.77. The van der Waals surface area contributed by atoms with Crippen LogP contribution < -0.4 is 9.62 Å². The minimum Gasteiger partial charge on any atom is -0.354 e. The van der Waals surface area contributed by atoms with Gasteiger partial charge >= 0.3 is 0 Å². The fourth-order valence-electron chi connectivity index (χ4n) is 2.35. The third kappa shape index (κ3) is 7.55. The minimum atomic E-state index is -3.79. The summed E-state index contributed by atoms with van der Waals surface area (Å²) in [6, 6.07) is 8.05. The standard InChI is InChI=1S/C18H17Cl5N2O3S2/c1-30(27,28)25(17-8-15(22)14(21)7-16(17)23)9-18(26)24-4-5-29-10-11-2-3-12(19)13(20)6-11/h2-3,6-8H,4-5,9-10H2,1H3,(H,24,26). The summed E-state index contributed by atoms with van der Waals surface area (Å²) in [5.74, 6) is 0.845.